The van der Waals surface area contributed by atoms with Gasteiger partial charge in [-0.25, -0.2) is 0 Å². The van der Waals surface area contributed by atoms with Gasteiger partial charge in [0.15, 0.2) is 0 Å². The van der Waals surface area contributed by atoms with Crippen LogP contribution in [0.5, 0.6) is 11.5 Å². The Labute approximate surface area is 106 Å². The van der Waals surface area contributed by atoms with Crippen molar-refractivity contribution in [3.05, 3.63) is 53.9 Å². The molecule has 1 heterocycles. The lowest BCUT2D eigenvalue weighted by molar-refractivity contribution is 0.184. The first-order valence-electron chi connectivity index (χ1n) is 5.72. The third kappa shape index (κ3) is 3.29. The molecule has 0 aliphatic carbocycles. The van der Waals surface area contributed by atoms with E-state index in [9.17, 15) is 0 Å². The Kier molecular flexibility index (Phi) is 4.28. The summed E-state index contributed by atoms with van der Waals surface area (Å²) in [5.41, 5.74) is 7.42. The summed E-state index contributed by atoms with van der Waals surface area (Å²) in [5, 5.41) is 0. The largest absolute Gasteiger partial charge is 0.457 e. The van der Waals surface area contributed by atoms with E-state index in [1.54, 1.807) is 13.3 Å². The number of methoxy groups -OCH3 is 1. The topological polar surface area (TPSA) is 57.4 Å². The van der Waals surface area contributed by atoms with Crippen LogP contribution in [0.2, 0.25) is 0 Å². The molecule has 0 fully saturated rings. The standard InChI is InChI=1S/C14H16N2O2/c1-17-10-11-3-2-4-13(7-11)18-14-5-6-16-12(8-14)9-15/h2-8H,9-10,15H2,1H3. The number of nitrogens with zero attached hydrogens (tertiary/aromatic N) is 1. The maximum atomic E-state index is 5.76. The maximum absolute atomic E-state index is 5.76. The van der Waals surface area contributed by atoms with Crippen molar-refractivity contribution in [1.29, 1.82) is 0 Å². The molecule has 0 saturated heterocycles. The van der Waals surface area contributed by atoms with Crippen molar-refractivity contribution < 1.29 is 9.47 Å². The molecule has 0 bridgehead atoms. The molecule has 4 nitrogen and oxygen atoms in total. The average molecular weight is 244 g/mol. The Balaban J connectivity index is 2.14. The molecule has 0 saturated carbocycles. The molecule has 0 atom stereocenters. The zero-order valence-corrected chi connectivity index (χ0v) is 10.3. The summed E-state index contributed by atoms with van der Waals surface area (Å²) in [6, 6.07) is 11.4. The van der Waals surface area contributed by atoms with E-state index >= 15 is 0 Å². The minimum atomic E-state index is 0.404. The zero-order valence-electron chi connectivity index (χ0n) is 10.3. The van der Waals surface area contributed by atoms with Gasteiger partial charge in [0.2, 0.25) is 0 Å². The van der Waals surface area contributed by atoms with Crippen LogP contribution in [0, 0.1) is 0 Å². The molecule has 0 aliphatic heterocycles. The van der Waals surface area contributed by atoms with E-state index in [1.807, 2.05) is 36.4 Å². The van der Waals surface area contributed by atoms with E-state index in [4.69, 9.17) is 15.2 Å². The van der Waals surface area contributed by atoms with E-state index in [0.29, 0.717) is 13.2 Å². The van der Waals surface area contributed by atoms with Gasteiger partial charge in [0.25, 0.3) is 0 Å². The van der Waals surface area contributed by atoms with E-state index in [-0.39, 0.29) is 0 Å². The number of nitrogens with two attached hydrogens (primary N) is 1. The lowest BCUT2D eigenvalue weighted by Crippen LogP contribution is -1.99. The summed E-state index contributed by atoms with van der Waals surface area (Å²) in [4.78, 5) is 4.12. The molecule has 2 aromatic rings. The molecule has 1 aromatic carbocycles. The van der Waals surface area contributed by atoms with Crippen molar-refractivity contribution in [2.45, 2.75) is 13.2 Å². The number of benzene rings is 1. The van der Waals surface area contributed by atoms with Gasteiger partial charge in [0.1, 0.15) is 11.5 Å². The summed E-state index contributed by atoms with van der Waals surface area (Å²) in [7, 11) is 1.67. The van der Waals surface area contributed by atoms with Gasteiger partial charge < -0.3 is 15.2 Å². The monoisotopic (exact) mass is 244 g/mol. The molecule has 1 aromatic heterocycles. The van der Waals surface area contributed by atoms with Crippen LogP contribution in [-0.2, 0) is 17.9 Å². The second-order valence-electron chi connectivity index (χ2n) is 3.87. The predicted octanol–water partition coefficient (Wildman–Crippen LogP) is 2.48. The lowest BCUT2D eigenvalue weighted by atomic mass is 10.2. The molecule has 0 radical (unpaired) electrons. The molecule has 0 spiro atoms. The first-order valence-corrected chi connectivity index (χ1v) is 5.72. The minimum Gasteiger partial charge on any atom is -0.457 e. The van der Waals surface area contributed by atoms with E-state index in [1.165, 1.54) is 0 Å². The van der Waals surface area contributed by atoms with Gasteiger partial charge >= 0.3 is 0 Å². The molecule has 0 unspecified atom stereocenters. The second-order valence-corrected chi connectivity index (χ2v) is 3.87. The number of hydrogen-bond donors (Lipinski definition) is 1. The molecule has 18 heavy (non-hydrogen) atoms. The summed E-state index contributed by atoms with van der Waals surface area (Å²) >= 11 is 0. The smallest absolute Gasteiger partial charge is 0.130 e. The summed E-state index contributed by atoms with van der Waals surface area (Å²) in [5.74, 6) is 1.51. The van der Waals surface area contributed by atoms with Crippen molar-refractivity contribution >= 4 is 0 Å². The van der Waals surface area contributed by atoms with Crippen molar-refractivity contribution in [1.82, 2.24) is 4.98 Å². The summed E-state index contributed by atoms with van der Waals surface area (Å²) in [6.45, 7) is 0.975. The summed E-state index contributed by atoms with van der Waals surface area (Å²) < 4.78 is 10.8. The minimum absolute atomic E-state index is 0.404. The normalized spacial score (nSPS) is 10.3. The van der Waals surface area contributed by atoms with Crippen molar-refractivity contribution in [2.75, 3.05) is 7.11 Å². The molecular formula is C14H16N2O2. The van der Waals surface area contributed by atoms with Crippen LogP contribution in [0.25, 0.3) is 0 Å². The molecule has 0 amide bonds. The van der Waals surface area contributed by atoms with Gasteiger partial charge in [-0.3, -0.25) is 4.98 Å². The fraction of sp³-hybridized carbons (Fsp3) is 0.214. The molecule has 94 valence electrons. The Morgan fingerprint density at radius 2 is 2.00 bits per heavy atom. The van der Waals surface area contributed by atoms with Gasteiger partial charge in [-0.1, -0.05) is 12.1 Å². The molecule has 2 N–H and O–H groups in total. The SMILES string of the molecule is COCc1cccc(Oc2ccnc(CN)c2)c1. The number of rotatable bonds is 5. The quantitative estimate of drug-likeness (QED) is 0.877. The van der Waals surface area contributed by atoms with Crippen LogP contribution in [0.3, 0.4) is 0 Å². The zero-order chi connectivity index (χ0) is 12.8. The number of pyridine rings is 1. The fourth-order valence-corrected chi connectivity index (χ4v) is 1.63. The van der Waals surface area contributed by atoms with Gasteiger partial charge in [-0.15, -0.1) is 0 Å². The van der Waals surface area contributed by atoms with E-state index in [2.05, 4.69) is 4.98 Å². The van der Waals surface area contributed by atoms with Crippen LogP contribution in [0.1, 0.15) is 11.3 Å². The number of hydrogen-bond acceptors (Lipinski definition) is 4. The van der Waals surface area contributed by atoms with Crippen LogP contribution in [0.15, 0.2) is 42.6 Å². The molecule has 4 heteroatoms. The van der Waals surface area contributed by atoms with Gasteiger partial charge in [-0.2, -0.15) is 0 Å². The molecule has 2 rings (SSSR count). The lowest BCUT2D eigenvalue weighted by Gasteiger charge is -2.08. The van der Waals surface area contributed by atoms with Crippen LogP contribution >= 0.6 is 0 Å². The van der Waals surface area contributed by atoms with E-state index in [0.717, 1.165) is 22.8 Å². The highest BCUT2D eigenvalue weighted by atomic mass is 16.5. The first kappa shape index (κ1) is 12.5. The molecule has 0 aliphatic rings. The molecular weight excluding hydrogens is 228 g/mol. The van der Waals surface area contributed by atoms with E-state index < -0.39 is 0 Å². The van der Waals surface area contributed by atoms with Gasteiger partial charge in [0, 0.05) is 25.9 Å². The highest BCUT2D eigenvalue weighted by Crippen LogP contribution is 2.22. The van der Waals surface area contributed by atoms with Gasteiger partial charge in [0.05, 0.1) is 12.3 Å². The third-order valence-corrected chi connectivity index (χ3v) is 2.44. The Morgan fingerprint density at radius 1 is 1.17 bits per heavy atom. The highest BCUT2D eigenvalue weighted by Gasteiger charge is 2.00. The number of ether oxygens (including phenoxy) is 2. The van der Waals surface area contributed by atoms with Crippen molar-refractivity contribution in [3.63, 3.8) is 0 Å². The fourth-order valence-electron chi connectivity index (χ4n) is 1.63. The van der Waals surface area contributed by atoms with Crippen LogP contribution in [0.4, 0.5) is 0 Å². The number of aromatic nitrogens is 1. The Bertz CT molecular complexity index is 515. The maximum Gasteiger partial charge on any atom is 0.130 e. The summed E-state index contributed by atoms with van der Waals surface area (Å²) in [6.07, 6.45) is 1.69. The van der Waals surface area contributed by atoms with Crippen molar-refractivity contribution in [3.8, 4) is 11.5 Å². The second kappa shape index (κ2) is 6.14. The van der Waals surface area contributed by atoms with Crippen LogP contribution in [-0.4, -0.2) is 12.1 Å². The van der Waals surface area contributed by atoms with Crippen molar-refractivity contribution in [2.24, 2.45) is 5.73 Å². The Morgan fingerprint density at radius 3 is 2.78 bits per heavy atom. The van der Waals surface area contributed by atoms with Crippen LogP contribution < -0.4 is 10.5 Å². The van der Waals surface area contributed by atoms with Gasteiger partial charge in [-0.05, 0) is 23.8 Å². The first-order chi connectivity index (χ1) is 8.81. The third-order valence-electron chi connectivity index (χ3n) is 2.44. The predicted molar refractivity (Wildman–Crippen MR) is 69.4 cm³/mol. The Hall–Kier alpha value is -1.91. The average Bonchev–Trinajstić information content (AvgIpc) is 2.40. The highest BCUT2D eigenvalue weighted by molar-refractivity contribution is 5.33.